The molecule has 2 aromatic rings. The molecule has 0 saturated heterocycles. The molecule has 0 saturated carbocycles. The van der Waals surface area contributed by atoms with Gasteiger partial charge in [0, 0.05) is 6.42 Å². The molecule has 2 rings (SSSR count). The largest absolute Gasteiger partial charge is 0.335 e. The van der Waals surface area contributed by atoms with Crippen LogP contribution in [0.25, 0.3) is 10.6 Å². The highest BCUT2D eigenvalue weighted by atomic mass is 32.1. The third-order valence-corrected chi connectivity index (χ3v) is 3.07. The SMILES string of the molecule is CCCc1nnc(-c2cccs2)c(=O)n1N. The second-order valence-corrected chi connectivity index (χ2v) is 4.31. The van der Waals surface area contributed by atoms with Crippen molar-refractivity contribution < 1.29 is 0 Å². The molecule has 0 aliphatic heterocycles. The number of nitrogens with two attached hydrogens (primary N) is 1. The summed E-state index contributed by atoms with van der Waals surface area (Å²) < 4.78 is 1.09. The number of nitrogens with zero attached hydrogens (tertiary/aromatic N) is 3. The second-order valence-electron chi connectivity index (χ2n) is 3.37. The predicted octanol–water partition coefficient (Wildman–Crippen LogP) is 1.03. The van der Waals surface area contributed by atoms with E-state index in [-0.39, 0.29) is 5.56 Å². The van der Waals surface area contributed by atoms with Gasteiger partial charge < -0.3 is 5.84 Å². The minimum atomic E-state index is -0.291. The van der Waals surface area contributed by atoms with Gasteiger partial charge in [-0.1, -0.05) is 13.0 Å². The van der Waals surface area contributed by atoms with Crippen LogP contribution >= 0.6 is 11.3 Å². The van der Waals surface area contributed by atoms with Gasteiger partial charge >= 0.3 is 0 Å². The van der Waals surface area contributed by atoms with E-state index in [9.17, 15) is 4.79 Å². The summed E-state index contributed by atoms with van der Waals surface area (Å²) in [5.74, 6) is 6.20. The molecule has 0 aliphatic rings. The molecule has 2 aromatic heterocycles. The molecule has 0 spiro atoms. The van der Waals surface area contributed by atoms with E-state index in [1.807, 2.05) is 24.4 Å². The summed E-state index contributed by atoms with van der Waals surface area (Å²) in [6.45, 7) is 2.00. The van der Waals surface area contributed by atoms with Gasteiger partial charge in [-0.3, -0.25) is 4.79 Å². The van der Waals surface area contributed by atoms with E-state index < -0.39 is 0 Å². The number of thiophene rings is 1. The summed E-state index contributed by atoms with van der Waals surface area (Å²) in [6, 6.07) is 3.69. The van der Waals surface area contributed by atoms with E-state index in [1.165, 1.54) is 11.3 Å². The smallest absolute Gasteiger partial charge is 0.299 e. The standard InChI is InChI=1S/C10H12N4OS/c1-2-4-8-12-13-9(10(15)14(8)11)7-5-3-6-16-7/h3,5-6H,2,4,11H2,1H3. The summed E-state index contributed by atoms with van der Waals surface area (Å²) in [5.41, 5.74) is 0.0262. The van der Waals surface area contributed by atoms with Gasteiger partial charge in [-0.15, -0.1) is 21.5 Å². The van der Waals surface area contributed by atoms with Gasteiger partial charge in [-0.05, 0) is 17.9 Å². The molecule has 0 unspecified atom stereocenters. The number of aromatic nitrogens is 3. The lowest BCUT2D eigenvalue weighted by molar-refractivity contribution is 0.701. The average molecular weight is 236 g/mol. The summed E-state index contributed by atoms with van der Waals surface area (Å²) in [7, 11) is 0. The van der Waals surface area contributed by atoms with Crippen molar-refractivity contribution in [3.05, 3.63) is 33.7 Å². The highest BCUT2D eigenvalue weighted by molar-refractivity contribution is 7.13. The monoisotopic (exact) mass is 236 g/mol. The molecule has 0 amide bonds. The van der Waals surface area contributed by atoms with Crippen LogP contribution in [0.15, 0.2) is 22.3 Å². The zero-order chi connectivity index (χ0) is 11.5. The lowest BCUT2D eigenvalue weighted by Crippen LogP contribution is -2.33. The Kier molecular flexibility index (Phi) is 3.00. The van der Waals surface area contributed by atoms with Crippen LogP contribution in [0.1, 0.15) is 19.2 Å². The second kappa shape index (κ2) is 4.44. The van der Waals surface area contributed by atoms with Crippen LogP contribution in [0, 0.1) is 0 Å². The lowest BCUT2D eigenvalue weighted by Gasteiger charge is -2.05. The van der Waals surface area contributed by atoms with Crippen molar-refractivity contribution in [1.82, 2.24) is 14.9 Å². The first-order valence-electron chi connectivity index (χ1n) is 5.01. The highest BCUT2D eigenvalue weighted by Crippen LogP contribution is 2.18. The quantitative estimate of drug-likeness (QED) is 0.808. The molecule has 2 N–H and O–H groups in total. The zero-order valence-electron chi connectivity index (χ0n) is 8.88. The molecule has 6 heteroatoms. The highest BCUT2D eigenvalue weighted by Gasteiger charge is 2.11. The molecule has 0 bridgehead atoms. The maximum Gasteiger partial charge on any atom is 0.299 e. The number of nitrogen functional groups attached to an aromatic ring is 1. The van der Waals surface area contributed by atoms with Gasteiger partial charge in [0.1, 0.15) is 0 Å². The molecule has 84 valence electrons. The van der Waals surface area contributed by atoms with Crippen LogP contribution < -0.4 is 11.4 Å². The van der Waals surface area contributed by atoms with Gasteiger partial charge in [0.15, 0.2) is 11.5 Å². The topological polar surface area (TPSA) is 73.8 Å². The minimum Gasteiger partial charge on any atom is -0.335 e. The van der Waals surface area contributed by atoms with Crippen LogP contribution in [-0.4, -0.2) is 14.9 Å². The van der Waals surface area contributed by atoms with Crippen molar-refractivity contribution in [1.29, 1.82) is 0 Å². The van der Waals surface area contributed by atoms with Crippen LogP contribution in [0.3, 0.4) is 0 Å². The molecule has 0 aliphatic carbocycles. The van der Waals surface area contributed by atoms with Gasteiger partial charge in [0.05, 0.1) is 4.88 Å². The van der Waals surface area contributed by atoms with Crippen molar-refractivity contribution in [3.8, 4) is 10.6 Å². The Hall–Kier alpha value is -1.69. The predicted molar refractivity (Wildman–Crippen MR) is 63.8 cm³/mol. The van der Waals surface area contributed by atoms with E-state index in [0.29, 0.717) is 17.9 Å². The first kappa shape index (κ1) is 10.8. The maximum absolute atomic E-state index is 11.9. The molecular formula is C10H12N4OS. The Bertz CT molecular complexity index is 532. The molecule has 0 aromatic carbocycles. The minimum absolute atomic E-state index is 0.291. The average Bonchev–Trinajstić information content (AvgIpc) is 2.79. The Balaban J connectivity index is 2.52. The molecule has 16 heavy (non-hydrogen) atoms. The lowest BCUT2D eigenvalue weighted by atomic mass is 10.3. The van der Waals surface area contributed by atoms with Crippen LogP contribution in [0.5, 0.6) is 0 Å². The summed E-state index contributed by atoms with van der Waals surface area (Å²) in [5, 5.41) is 9.81. The van der Waals surface area contributed by atoms with E-state index in [2.05, 4.69) is 10.2 Å². The van der Waals surface area contributed by atoms with E-state index in [1.54, 1.807) is 0 Å². The van der Waals surface area contributed by atoms with Crippen molar-refractivity contribution in [2.24, 2.45) is 0 Å². The number of hydrogen-bond acceptors (Lipinski definition) is 5. The Morgan fingerprint density at radius 3 is 2.94 bits per heavy atom. The molecule has 5 nitrogen and oxygen atoms in total. The van der Waals surface area contributed by atoms with Crippen LogP contribution in [-0.2, 0) is 6.42 Å². The van der Waals surface area contributed by atoms with E-state index >= 15 is 0 Å². The first-order chi connectivity index (χ1) is 7.74. The maximum atomic E-state index is 11.9. The Labute approximate surface area is 96.5 Å². The van der Waals surface area contributed by atoms with Crippen molar-refractivity contribution in [2.45, 2.75) is 19.8 Å². The van der Waals surface area contributed by atoms with Gasteiger partial charge in [0.2, 0.25) is 0 Å². The number of rotatable bonds is 3. The third-order valence-electron chi connectivity index (χ3n) is 2.19. The molecule has 0 atom stereocenters. The Morgan fingerprint density at radius 2 is 2.31 bits per heavy atom. The fraction of sp³-hybridized carbons (Fsp3) is 0.300. The molecule has 2 heterocycles. The number of aryl methyl sites for hydroxylation is 1. The zero-order valence-corrected chi connectivity index (χ0v) is 9.70. The van der Waals surface area contributed by atoms with E-state index in [0.717, 1.165) is 16.0 Å². The van der Waals surface area contributed by atoms with Crippen molar-refractivity contribution >= 4 is 11.3 Å². The normalized spacial score (nSPS) is 10.6. The first-order valence-corrected chi connectivity index (χ1v) is 5.89. The summed E-state index contributed by atoms with van der Waals surface area (Å²) >= 11 is 1.45. The summed E-state index contributed by atoms with van der Waals surface area (Å²) in [4.78, 5) is 12.7. The van der Waals surface area contributed by atoms with Crippen molar-refractivity contribution in [2.75, 3.05) is 5.84 Å². The third kappa shape index (κ3) is 1.83. The van der Waals surface area contributed by atoms with E-state index in [4.69, 9.17) is 5.84 Å². The van der Waals surface area contributed by atoms with Gasteiger partial charge in [-0.25, -0.2) is 4.68 Å². The fourth-order valence-electron chi connectivity index (χ4n) is 1.39. The van der Waals surface area contributed by atoms with Crippen LogP contribution in [0.2, 0.25) is 0 Å². The molecule has 0 fully saturated rings. The Morgan fingerprint density at radius 1 is 1.50 bits per heavy atom. The van der Waals surface area contributed by atoms with Gasteiger partial charge in [-0.2, -0.15) is 0 Å². The fourth-order valence-corrected chi connectivity index (χ4v) is 2.09. The molecular weight excluding hydrogens is 224 g/mol. The molecule has 0 radical (unpaired) electrons. The summed E-state index contributed by atoms with van der Waals surface area (Å²) in [6.07, 6.45) is 1.53. The van der Waals surface area contributed by atoms with Crippen molar-refractivity contribution in [3.63, 3.8) is 0 Å². The number of hydrogen-bond donors (Lipinski definition) is 1. The van der Waals surface area contributed by atoms with Gasteiger partial charge in [0.25, 0.3) is 5.56 Å². The van der Waals surface area contributed by atoms with Crippen LogP contribution in [0.4, 0.5) is 0 Å².